The predicted octanol–water partition coefficient (Wildman–Crippen LogP) is 4.11. The summed E-state index contributed by atoms with van der Waals surface area (Å²) < 4.78 is 10.9. The first-order chi connectivity index (χ1) is 13.4. The van der Waals surface area contributed by atoms with E-state index in [0.29, 0.717) is 6.61 Å². The molecule has 0 amide bonds. The minimum atomic E-state index is 0.128. The molecule has 0 saturated carbocycles. The summed E-state index contributed by atoms with van der Waals surface area (Å²) in [4.78, 5) is 8.06. The van der Waals surface area contributed by atoms with Crippen LogP contribution in [0.2, 0.25) is 0 Å². The summed E-state index contributed by atoms with van der Waals surface area (Å²) in [5.41, 5.74) is 4.69. The van der Waals surface area contributed by atoms with Crippen molar-refractivity contribution in [3.63, 3.8) is 0 Å². The smallest absolute Gasteiger partial charge is 0.264 e. The van der Waals surface area contributed by atoms with E-state index in [1.807, 2.05) is 30.0 Å². The van der Waals surface area contributed by atoms with Crippen LogP contribution in [0.4, 0.5) is 0 Å². The molecule has 0 unspecified atom stereocenters. The maximum Gasteiger partial charge on any atom is 0.264 e. The first-order valence-corrected chi connectivity index (χ1v) is 10.1. The summed E-state index contributed by atoms with van der Waals surface area (Å²) in [5.74, 6) is 0.850. The summed E-state index contributed by atoms with van der Waals surface area (Å²) in [7, 11) is 1.69. The second-order valence-electron chi connectivity index (χ2n) is 8.15. The third-order valence-electron chi connectivity index (χ3n) is 5.22. The topological polar surface area (TPSA) is 33.9 Å². The van der Waals surface area contributed by atoms with Gasteiger partial charge in [-0.3, -0.25) is 0 Å². The number of hydrazine groups is 1. The molecule has 0 bridgehead atoms. The van der Waals surface area contributed by atoms with E-state index in [2.05, 4.69) is 37.6 Å². The minimum Gasteiger partial charge on any atom is -0.497 e. The fraction of sp³-hybridized carbons (Fsp3) is 0.522. The predicted molar refractivity (Wildman–Crippen MR) is 112 cm³/mol. The molecule has 152 valence electrons. The van der Waals surface area contributed by atoms with Crippen LogP contribution in [-0.2, 0) is 9.57 Å². The van der Waals surface area contributed by atoms with Crippen LogP contribution in [0.1, 0.15) is 39.2 Å². The fourth-order valence-electron chi connectivity index (χ4n) is 3.89. The highest BCUT2D eigenvalue weighted by Crippen LogP contribution is 2.39. The zero-order chi connectivity index (χ0) is 20.1. The number of hydrogen-bond donors (Lipinski definition) is 0. The molecular formula is C23H33N2O3+. The lowest BCUT2D eigenvalue weighted by molar-refractivity contribution is -0.897. The monoisotopic (exact) mass is 385 g/mol. The van der Waals surface area contributed by atoms with Gasteiger partial charge in [0, 0.05) is 12.5 Å². The van der Waals surface area contributed by atoms with Crippen molar-refractivity contribution in [3.05, 3.63) is 48.1 Å². The Morgan fingerprint density at radius 2 is 2.00 bits per heavy atom. The fourth-order valence-corrected chi connectivity index (χ4v) is 3.89. The van der Waals surface area contributed by atoms with E-state index in [4.69, 9.17) is 14.3 Å². The molecule has 1 aromatic carbocycles. The van der Waals surface area contributed by atoms with Crippen molar-refractivity contribution in [1.82, 2.24) is 5.01 Å². The lowest BCUT2D eigenvalue weighted by atomic mass is 9.74. The molecule has 1 aromatic rings. The van der Waals surface area contributed by atoms with Crippen molar-refractivity contribution in [2.45, 2.75) is 33.6 Å². The number of methoxy groups -OCH3 is 1. The summed E-state index contributed by atoms with van der Waals surface area (Å²) >= 11 is 0. The van der Waals surface area contributed by atoms with Gasteiger partial charge < -0.3 is 9.47 Å². The van der Waals surface area contributed by atoms with Gasteiger partial charge in [0.2, 0.25) is 0 Å². The summed E-state index contributed by atoms with van der Waals surface area (Å²) in [5, 5.41) is 2.24. The maximum absolute atomic E-state index is 6.06. The van der Waals surface area contributed by atoms with Crippen LogP contribution in [0.15, 0.2) is 42.5 Å². The summed E-state index contributed by atoms with van der Waals surface area (Å²) in [6.07, 6.45) is 4.20. The van der Waals surface area contributed by atoms with Crippen LogP contribution in [0.25, 0.3) is 5.57 Å². The highest BCUT2D eigenvalue weighted by Gasteiger charge is 2.36. The van der Waals surface area contributed by atoms with E-state index in [1.165, 1.54) is 11.3 Å². The van der Waals surface area contributed by atoms with E-state index < -0.39 is 0 Å². The molecule has 28 heavy (non-hydrogen) atoms. The van der Waals surface area contributed by atoms with Gasteiger partial charge in [0.25, 0.3) is 5.71 Å². The molecule has 0 spiro atoms. The molecule has 1 aliphatic heterocycles. The standard InChI is InChI=1S/C23H33N2O3/c1-6-28-25(24-10-12-27-13-11-24)21-14-20(16-23(3,4)17-21)18(2)19-8-7-9-22(15-19)26-5/h7-9,14-15H,2,6,10-13,16-17H2,1,3-5H3/q+1. The SMILES string of the molecule is C=C(C1=CC(=[N+](OCC)N2CCOCC2)CC(C)(C)C1)c1cccc(OC)c1. The van der Waals surface area contributed by atoms with E-state index in [0.717, 1.165) is 56.0 Å². The Kier molecular flexibility index (Phi) is 6.45. The third-order valence-corrected chi connectivity index (χ3v) is 5.22. The average molecular weight is 386 g/mol. The molecule has 0 aromatic heterocycles. The second-order valence-corrected chi connectivity index (χ2v) is 8.15. The van der Waals surface area contributed by atoms with Crippen molar-refractivity contribution >= 4 is 11.3 Å². The Hall–Kier alpha value is -2.27. The maximum atomic E-state index is 6.06. The first-order valence-electron chi connectivity index (χ1n) is 10.1. The third kappa shape index (κ3) is 4.76. The number of rotatable bonds is 6. The van der Waals surface area contributed by atoms with Gasteiger partial charge in [-0.15, -0.1) is 5.01 Å². The highest BCUT2D eigenvalue weighted by atomic mass is 16.7. The summed E-state index contributed by atoms with van der Waals surface area (Å²) in [6.45, 7) is 14.8. The van der Waals surface area contributed by atoms with E-state index in [-0.39, 0.29) is 5.41 Å². The quantitative estimate of drug-likeness (QED) is 0.545. The Morgan fingerprint density at radius 3 is 2.68 bits per heavy atom. The van der Waals surface area contributed by atoms with Crippen LogP contribution >= 0.6 is 0 Å². The highest BCUT2D eigenvalue weighted by molar-refractivity contribution is 5.97. The van der Waals surface area contributed by atoms with Gasteiger partial charge in [-0.2, -0.15) is 0 Å². The summed E-state index contributed by atoms with van der Waals surface area (Å²) in [6, 6.07) is 8.11. The van der Waals surface area contributed by atoms with E-state index in [9.17, 15) is 0 Å². The molecule has 1 fully saturated rings. The van der Waals surface area contributed by atoms with Gasteiger partial charge in [-0.1, -0.05) is 32.6 Å². The molecular weight excluding hydrogens is 352 g/mol. The second kappa shape index (κ2) is 8.82. The van der Waals surface area contributed by atoms with Crippen molar-refractivity contribution < 1.29 is 19.2 Å². The van der Waals surface area contributed by atoms with Crippen molar-refractivity contribution in [2.24, 2.45) is 5.41 Å². The van der Waals surface area contributed by atoms with Crippen LogP contribution in [-0.4, -0.2) is 55.6 Å². The Morgan fingerprint density at radius 1 is 1.25 bits per heavy atom. The Labute approximate surface area is 168 Å². The molecule has 0 N–H and O–H groups in total. The largest absolute Gasteiger partial charge is 0.497 e. The van der Waals surface area contributed by atoms with E-state index in [1.54, 1.807) is 7.11 Å². The molecule has 5 heteroatoms. The van der Waals surface area contributed by atoms with E-state index >= 15 is 0 Å². The van der Waals surface area contributed by atoms with Crippen LogP contribution < -0.4 is 4.74 Å². The molecule has 5 nitrogen and oxygen atoms in total. The number of benzene rings is 1. The molecule has 1 aliphatic carbocycles. The zero-order valence-electron chi connectivity index (χ0n) is 17.7. The van der Waals surface area contributed by atoms with Crippen LogP contribution in [0.5, 0.6) is 5.75 Å². The first kappa shape index (κ1) is 20.5. The number of morpholine rings is 1. The van der Waals surface area contributed by atoms with Crippen molar-refractivity contribution in [1.29, 1.82) is 0 Å². The molecule has 2 aliphatic rings. The van der Waals surface area contributed by atoms with Gasteiger partial charge in [0.05, 0.1) is 25.2 Å². The molecule has 1 heterocycles. The van der Waals surface area contributed by atoms with Gasteiger partial charge in [0.15, 0.2) is 6.61 Å². The molecule has 0 radical (unpaired) electrons. The van der Waals surface area contributed by atoms with Crippen LogP contribution in [0, 0.1) is 5.41 Å². The van der Waals surface area contributed by atoms with Gasteiger partial charge in [-0.25, -0.2) is 4.84 Å². The van der Waals surface area contributed by atoms with Crippen molar-refractivity contribution in [3.8, 4) is 5.75 Å². The number of allylic oxidation sites excluding steroid dienone is 3. The van der Waals surface area contributed by atoms with Gasteiger partial charge in [-0.05, 0) is 47.6 Å². The van der Waals surface area contributed by atoms with Gasteiger partial charge in [0.1, 0.15) is 18.8 Å². The number of hydrogen-bond acceptors (Lipinski definition) is 4. The lowest BCUT2D eigenvalue weighted by Gasteiger charge is -2.31. The van der Waals surface area contributed by atoms with Gasteiger partial charge >= 0.3 is 0 Å². The Bertz CT molecular complexity index is 774. The normalized spacial score (nSPS) is 21.0. The number of nitrogens with zero attached hydrogens (tertiary/aromatic N) is 2. The molecule has 1 saturated heterocycles. The van der Waals surface area contributed by atoms with Crippen LogP contribution in [0.3, 0.4) is 0 Å². The minimum absolute atomic E-state index is 0.128. The average Bonchev–Trinajstić information content (AvgIpc) is 2.71. The Balaban J connectivity index is 1.99. The number of hydrazone groups is 1. The zero-order valence-corrected chi connectivity index (χ0v) is 17.7. The lowest BCUT2D eigenvalue weighted by Crippen LogP contribution is -2.47. The van der Waals surface area contributed by atoms with Crippen molar-refractivity contribution in [2.75, 3.05) is 40.0 Å². The molecule has 3 rings (SSSR count). The molecule has 0 atom stereocenters. The number of ether oxygens (including phenoxy) is 2.